The normalized spacial score (nSPS) is 26.1. The maximum Gasteiger partial charge on any atom is 0.221 e. The Morgan fingerprint density at radius 1 is 1.30 bits per heavy atom. The van der Waals surface area contributed by atoms with Gasteiger partial charge in [0.25, 0.3) is 0 Å². The van der Waals surface area contributed by atoms with Crippen molar-refractivity contribution in [2.24, 2.45) is 11.8 Å². The summed E-state index contributed by atoms with van der Waals surface area (Å²) < 4.78 is 0. The summed E-state index contributed by atoms with van der Waals surface area (Å²) in [7, 11) is 0. The van der Waals surface area contributed by atoms with Crippen LogP contribution in [0, 0.1) is 11.8 Å². The van der Waals surface area contributed by atoms with E-state index in [4.69, 9.17) is 11.6 Å². The van der Waals surface area contributed by atoms with Gasteiger partial charge in [-0.05, 0) is 49.3 Å². The summed E-state index contributed by atoms with van der Waals surface area (Å²) in [5, 5.41) is 6.87. The molecule has 1 saturated carbocycles. The molecule has 0 heterocycles. The van der Waals surface area contributed by atoms with Crippen LogP contribution in [0.5, 0.6) is 0 Å². The number of hydrogen-bond acceptors (Lipinski definition) is 2. The molecule has 3 unspecified atom stereocenters. The Bertz CT molecular complexity index is 489. The first-order valence-electron chi connectivity index (χ1n) is 7.29. The second-order valence-electron chi connectivity index (χ2n) is 6.02. The van der Waals surface area contributed by atoms with Crippen molar-refractivity contribution in [2.75, 3.05) is 10.6 Å². The maximum absolute atomic E-state index is 11.1. The minimum Gasteiger partial charge on any atom is -0.382 e. The molecule has 1 aromatic carbocycles. The number of benzene rings is 1. The van der Waals surface area contributed by atoms with Crippen LogP contribution in [0.1, 0.15) is 40.0 Å². The van der Waals surface area contributed by atoms with Crippen molar-refractivity contribution in [1.82, 2.24) is 0 Å². The van der Waals surface area contributed by atoms with E-state index in [0.29, 0.717) is 22.7 Å². The second kappa shape index (κ2) is 6.49. The third-order valence-electron chi connectivity index (χ3n) is 4.06. The molecule has 1 fully saturated rings. The molecule has 3 nitrogen and oxygen atoms in total. The van der Waals surface area contributed by atoms with E-state index < -0.39 is 0 Å². The lowest BCUT2D eigenvalue weighted by Crippen LogP contribution is -2.32. The number of rotatable bonds is 3. The topological polar surface area (TPSA) is 41.1 Å². The van der Waals surface area contributed by atoms with Gasteiger partial charge in [-0.15, -0.1) is 0 Å². The van der Waals surface area contributed by atoms with Crippen molar-refractivity contribution in [3.63, 3.8) is 0 Å². The third-order valence-corrected chi connectivity index (χ3v) is 4.38. The van der Waals surface area contributed by atoms with Gasteiger partial charge in [-0.2, -0.15) is 0 Å². The lowest BCUT2D eigenvalue weighted by atomic mass is 9.80. The molecule has 2 N–H and O–H groups in total. The zero-order valence-electron chi connectivity index (χ0n) is 12.4. The van der Waals surface area contributed by atoms with E-state index in [9.17, 15) is 4.79 Å². The van der Waals surface area contributed by atoms with Crippen LogP contribution in [-0.4, -0.2) is 11.9 Å². The zero-order chi connectivity index (χ0) is 14.7. The molecular formula is C16H23ClN2O. The molecule has 1 aliphatic carbocycles. The zero-order valence-corrected chi connectivity index (χ0v) is 13.1. The highest BCUT2D eigenvalue weighted by Crippen LogP contribution is 2.32. The highest BCUT2D eigenvalue weighted by molar-refractivity contribution is 6.34. The van der Waals surface area contributed by atoms with Crippen molar-refractivity contribution in [2.45, 2.75) is 46.1 Å². The number of nitrogens with one attached hydrogen (secondary N) is 2. The van der Waals surface area contributed by atoms with Crippen LogP contribution in [0.25, 0.3) is 0 Å². The number of halogens is 1. The van der Waals surface area contributed by atoms with E-state index >= 15 is 0 Å². The Morgan fingerprint density at radius 2 is 2.05 bits per heavy atom. The highest BCUT2D eigenvalue weighted by atomic mass is 35.5. The van der Waals surface area contributed by atoms with Gasteiger partial charge in [-0.3, -0.25) is 4.79 Å². The number of hydrogen-bond donors (Lipinski definition) is 2. The fraction of sp³-hybridized carbons (Fsp3) is 0.562. The predicted octanol–water partition coefficient (Wildman–Crippen LogP) is 4.54. The van der Waals surface area contributed by atoms with Gasteiger partial charge in [0.05, 0.1) is 10.7 Å². The van der Waals surface area contributed by atoms with Crippen molar-refractivity contribution < 1.29 is 4.79 Å². The van der Waals surface area contributed by atoms with E-state index in [1.807, 2.05) is 18.2 Å². The van der Waals surface area contributed by atoms with Crippen molar-refractivity contribution >= 4 is 28.9 Å². The fourth-order valence-corrected chi connectivity index (χ4v) is 3.22. The standard InChI is InChI=1S/C16H23ClN2O/c1-10-4-6-15(11(2)8-10)19-13-5-7-16(14(17)9-13)18-12(3)20/h5,7,9-11,15,19H,4,6,8H2,1-3H3,(H,18,20). The minimum absolute atomic E-state index is 0.109. The van der Waals surface area contributed by atoms with E-state index in [0.717, 1.165) is 11.6 Å². The summed E-state index contributed by atoms with van der Waals surface area (Å²) >= 11 is 6.20. The molecule has 1 amide bonds. The Morgan fingerprint density at radius 3 is 2.65 bits per heavy atom. The quantitative estimate of drug-likeness (QED) is 0.859. The molecule has 0 bridgehead atoms. The molecule has 0 aliphatic heterocycles. The first-order valence-corrected chi connectivity index (χ1v) is 7.67. The van der Waals surface area contributed by atoms with E-state index in [-0.39, 0.29) is 5.91 Å². The number of amides is 1. The highest BCUT2D eigenvalue weighted by Gasteiger charge is 2.25. The summed E-state index contributed by atoms with van der Waals surface area (Å²) in [6, 6.07) is 6.22. The Balaban J connectivity index is 2.03. The van der Waals surface area contributed by atoms with Crippen LogP contribution >= 0.6 is 11.6 Å². The smallest absolute Gasteiger partial charge is 0.221 e. The van der Waals surface area contributed by atoms with Crippen LogP contribution in [-0.2, 0) is 4.79 Å². The van der Waals surface area contributed by atoms with Crippen LogP contribution < -0.4 is 10.6 Å². The van der Waals surface area contributed by atoms with Gasteiger partial charge < -0.3 is 10.6 Å². The summed E-state index contributed by atoms with van der Waals surface area (Å²) in [6.07, 6.45) is 3.75. The van der Waals surface area contributed by atoms with E-state index in [1.54, 1.807) is 0 Å². The predicted molar refractivity (Wildman–Crippen MR) is 85.3 cm³/mol. The van der Waals surface area contributed by atoms with E-state index in [1.165, 1.54) is 26.2 Å². The molecular weight excluding hydrogens is 272 g/mol. The summed E-state index contributed by atoms with van der Waals surface area (Å²) in [5.74, 6) is 1.39. The Hall–Kier alpha value is -1.22. The largest absolute Gasteiger partial charge is 0.382 e. The van der Waals surface area contributed by atoms with Crippen molar-refractivity contribution in [1.29, 1.82) is 0 Å². The first kappa shape index (κ1) is 15.2. The third kappa shape index (κ3) is 3.89. The average Bonchev–Trinajstić information content (AvgIpc) is 2.36. The number of anilines is 2. The molecule has 1 aromatic rings. The van der Waals surface area contributed by atoms with Crippen molar-refractivity contribution in [3.8, 4) is 0 Å². The lowest BCUT2D eigenvalue weighted by molar-refractivity contribution is -0.114. The first-order chi connectivity index (χ1) is 9.45. The monoisotopic (exact) mass is 294 g/mol. The van der Waals surface area contributed by atoms with Gasteiger partial charge in [0.2, 0.25) is 5.91 Å². The van der Waals surface area contributed by atoms with Crippen LogP contribution in [0.15, 0.2) is 18.2 Å². The molecule has 0 radical (unpaired) electrons. The summed E-state index contributed by atoms with van der Waals surface area (Å²) in [6.45, 7) is 6.11. The molecule has 0 aromatic heterocycles. The van der Waals surface area contributed by atoms with Gasteiger partial charge in [0, 0.05) is 18.7 Å². The number of carbonyl (C=O) groups is 1. The molecule has 3 atom stereocenters. The number of carbonyl (C=O) groups excluding carboxylic acids is 1. The molecule has 4 heteroatoms. The van der Waals surface area contributed by atoms with Gasteiger partial charge >= 0.3 is 0 Å². The Kier molecular flexibility index (Phi) is 4.92. The van der Waals surface area contributed by atoms with Crippen LogP contribution in [0.4, 0.5) is 11.4 Å². The maximum atomic E-state index is 11.1. The van der Waals surface area contributed by atoms with Gasteiger partial charge in [-0.25, -0.2) is 0 Å². The SMILES string of the molecule is CC(=O)Nc1ccc(NC2CCC(C)CC2C)cc1Cl. The molecule has 20 heavy (non-hydrogen) atoms. The van der Waals surface area contributed by atoms with Gasteiger partial charge in [0.15, 0.2) is 0 Å². The molecule has 1 aliphatic rings. The minimum atomic E-state index is -0.109. The molecule has 110 valence electrons. The molecule has 2 rings (SSSR count). The average molecular weight is 295 g/mol. The van der Waals surface area contributed by atoms with Crippen LogP contribution in [0.2, 0.25) is 5.02 Å². The second-order valence-corrected chi connectivity index (χ2v) is 6.43. The van der Waals surface area contributed by atoms with Crippen LogP contribution in [0.3, 0.4) is 0 Å². The summed E-state index contributed by atoms with van der Waals surface area (Å²) in [4.78, 5) is 11.1. The summed E-state index contributed by atoms with van der Waals surface area (Å²) in [5.41, 5.74) is 1.69. The van der Waals surface area contributed by atoms with Crippen molar-refractivity contribution in [3.05, 3.63) is 23.2 Å². The molecule has 0 spiro atoms. The fourth-order valence-electron chi connectivity index (χ4n) is 2.99. The Labute approximate surface area is 126 Å². The molecule has 0 saturated heterocycles. The van der Waals surface area contributed by atoms with Gasteiger partial charge in [-0.1, -0.05) is 25.4 Å². The van der Waals surface area contributed by atoms with Gasteiger partial charge in [0.1, 0.15) is 0 Å². The lowest BCUT2D eigenvalue weighted by Gasteiger charge is -2.34. The van der Waals surface area contributed by atoms with E-state index in [2.05, 4.69) is 24.5 Å².